The van der Waals surface area contributed by atoms with E-state index >= 15 is 0 Å². The van der Waals surface area contributed by atoms with Gasteiger partial charge in [-0.3, -0.25) is 0 Å². The first-order valence-corrected chi connectivity index (χ1v) is 11.3. The molecule has 1 unspecified atom stereocenters. The van der Waals surface area contributed by atoms with Gasteiger partial charge in [-0.05, 0) is 18.4 Å². The number of hydrogen-bond donors (Lipinski definition) is 0. The van der Waals surface area contributed by atoms with E-state index in [4.69, 9.17) is 23.2 Å². The van der Waals surface area contributed by atoms with Crippen molar-refractivity contribution >= 4 is 52.0 Å². The molecule has 0 saturated heterocycles. The number of nitrogens with zero attached hydrogens (tertiary/aromatic N) is 4. The van der Waals surface area contributed by atoms with Crippen molar-refractivity contribution in [1.29, 1.82) is 5.26 Å². The number of aromatic nitrogens is 2. The Kier molecular flexibility index (Phi) is 7.97. The molecular formula is C16H12Cl2F6N4OS2. The molecule has 1 heterocycles. The number of alkyl halides is 6. The molecule has 15 heteroatoms. The molecule has 170 valence electrons. The zero-order chi connectivity index (χ0) is 23.7. The molecule has 0 radical (unpaired) electrons. The molecule has 0 N–H and O–H groups in total. The average molecular weight is 525 g/mol. The van der Waals surface area contributed by atoms with Crippen LogP contribution in [-0.4, -0.2) is 45.4 Å². The Labute approximate surface area is 190 Å². The second-order valence-electron chi connectivity index (χ2n) is 5.94. The molecule has 0 aliphatic carbocycles. The first-order valence-electron chi connectivity index (χ1n) is 8.02. The summed E-state index contributed by atoms with van der Waals surface area (Å²) in [4.78, 5) is 0.304. The fourth-order valence-electron chi connectivity index (χ4n) is 2.51. The fourth-order valence-corrected chi connectivity index (χ4v) is 4.52. The minimum absolute atomic E-state index is 0.135. The van der Waals surface area contributed by atoms with Crippen LogP contribution < -0.4 is 4.90 Å². The van der Waals surface area contributed by atoms with Gasteiger partial charge < -0.3 is 9.45 Å². The lowest BCUT2D eigenvalue weighted by molar-refractivity contribution is -0.137. The molecule has 1 aromatic carbocycles. The molecule has 0 aliphatic heterocycles. The fraction of sp³-hybridized carbons (Fsp3) is 0.375. The molecule has 0 aliphatic rings. The standard InChI is InChI=1S/C16H12Cl2F6N4OS2/c1-27(3-4-30-2)14-13(31(29)16(22,23)24)11(7-25)26-28(14)12-9(17)5-8(6-10(12)18)15(19,20)21/h5-6H,3-4H2,1-2H3. The van der Waals surface area contributed by atoms with Crippen LogP contribution in [0.1, 0.15) is 11.3 Å². The van der Waals surface area contributed by atoms with Gasteiger partial charge in [-0.1, -0.05) is 23.2 Å². The number of benzene rings is 1. The summed E-state index contributed by atoms with van der Waals surface area (Å²) >= 11 is 9.67. The summed E-state index contributed by atoms with van der Waals surface area (Å²) < 4.78 is 91.7. The molecule has 0 fully saturated rings. The monoisotopic (exact) mass is 524 g/mol. The van der Waals surface area contributed by atoms with E-state index in [9.17, 15) is 36.2 Å². The van der Waals surface area contributed by atoms with Crippen molar-refractivity contribution in [3.8, 4) is 11.8 Å². The zero-order valence-electron chi connectivity index (χ0n) is 15.6. The Hall–Kier alpha value is -1.46. The third-order valence-corrected chi connectivity index (χ3v) is 6.20. The second-order valence-corrected chi connectivity index (χ2v) is 9.15. The normalized spacial score (nSPS) is 13.2. The van der Waals surface area contributed by atoms with Crippen LogP contribution in [0.15, 0.2) is 17.0 Å². The molecule has 0 bridgehead atoms. The predicted molar refractivity (Wildman–Crippen MR) is 107 cm³/mol. The summed E-state index contributed by atoms with van der Waals surface area (Å²) in [5, 5.41) is 11.9. The van der Waals surface area contributed by atoms with Crippen molar-refractivity contribution in [3.63, 3.8) is 0 Å². The number of anilines is 1. The highest BCUT2D eigenvalue weighted by Gasteiger charge is 2.51. The first kappa shape index (κ1) is 25.8. The number of thioether (sulfide) groups is 1. The summed E-state index contributed by atoms with van der Waals surface area (Å²) in [6.07, 6.45) is -3.04. The number of halogens is 8. The predicted octanol–water partition coefficient (Wildman–Crippen LogP) is 5.50. The molecule has 0 saturated carbocycles. The molecule has 1 atom stereocenters. The Bertz CT molecular complexity index is 983. The van der Waals surface area contributed by atoms with Gasteiger partial charge in [-0.15, -0.1) is 18.3 Å². The van der Waals surface area contributed by atoms with Gasteiger partial charge in [0, 0.05) is 19.3 Å². The Morgan fingerprint density at radius 3 is 2.19 bits per heavy atom. The molecule has 0 amide bonds. The molecule has 31 heavy (non-hydrogen) atoms. The molecular weight excluding hydrogens is 513 g/mol. The molecule has 2 rings (SSSR count). The van der Waals surface area contributed by atoms with Crippen LogP contribution in [0.2, 0.25) is 10.0 Å². The van der Waals surface area contributed by atoms with Gasteiger partial charge >= 0.3 is 11.7 Å². The highest BCUT2D eigenvalue weighted by molar-refractivity contribution is 7.98. The summed E-state index contributed by atoms with van der Waals surface area (Å²) in [7, 11) is 1.36. The van der Waals surface area contributed by atoms with E-state index in [2.05, 4.69) is 5.10 Å². The van der Waals surface area contributed by atoms with Gasteiger partial charge in [0.2, 0.25) is 10.6 Å². The lowest BCUT2D eigenvalue weighted by Gasteiger charge is -2.23. The van der Waals surface area contributed by atoms with Crippen molar-refractivity contribution in [1.82, 2.24) is 9.78 Å². The Balaban J connectivity index is 2.85. The van der Waals surface area contributed by atoms with Gasteiger partial charge in [-0.2, -0.15) is 30.2 Å². The topological polar surface area (TPSA) is 67.9 Å². The van der Waals surface area contributed by atoms with E-state index in [0.717, 1.165) is 0 Å². The van der Waals surface area contributed by atoms with E-state index < -0.39 is 54.9 Å². The molecule has 1 aromatic heterocycles. The van der Waals surface area contributed by atoms with Crippen molar-refractivity contribution in [2.24, 2.45) is 0 Å². The minimum Gasteiger partial charge on any atom is -0.604 e. The smallest absolute Gasteiger partial charge is 0.578 e. The first-order chi connectivity index (χ1) is 14.2. The van der Waals surface area contributed by atoms with E-state index in [0.29, 0.717) is 22.6 Å². The Morgan fingerprint density at radius 2 is 1.77 bits per heavy atom. The van der Waals surface area contributed by atoms with Gasteiger partial charge in [0.1, 0.15) is 22.9 Å². The molecule has 0 spiro atoms. The lowest BCUT2D eigenvalue weighted by atomic mass is 10.2. The average Bonchev–Trinajstić information content (AvgIpc) is 3.02. The van der Waals surface area contributed by atoms with Crippen LogP contribution in [0, 0.1) is 11.3 Å². The lowest BCUT2D eigenvalue weighted by Crippen LogP contribution is -2.29. The number of hydrogen-bond acceptors (Lipinski definition) is 5. The summed E-state index contributed by atoms with van der Waals surface area (Å²) in [5.41, 5.74) is -7.62. The quantitative estimate of drug-likeness (QED) is 0.369. The highest BCUT2D eigenvalue weighted by Crippen LogP contribution is 2.43. The molecule has 2 aromatic rings. The summed E-state index contributed by atoms with van der Waals surface area (Å²) in [6.45, 7) is 0.135. The third kappa shape index (κ3) is 5.48. The number of rotatable bonds is 6. The van der Waals surface area contributed by atoms with Crippen molar-refractivity contribution in [2.45, 2.75) is 16.6 Å². The van der Waals surface area contributed by atoms with Crippen molar-refractivity contribution < 1.29 is 30.9 Å². The second kappa shape index (κ2) is 9.58. The number of nitriles is 1. The van der Waals surface area contributed by atoms with Gasteiger partial charge in [0.25, 0.3) is 0 Å². The van der Waals surface area contributed by atoms with Gasteiger partial charge in [0.05, 0.1) is 15.6 Å². The van der Waals surface area contributed by atoms with E-state index in [1.807, 2.05) is 0 Å². The maximum absolute atomic E-state index is 13.3. The summed E-state index contributed by atoms with van der Waals surface area (Å²) in [6, 6.07) is 2.50. The van der Waals surface area contributed by atoms with Crippen LogP contribution in [0.4, 0.5) is 32.2 Å². The van der Waals surface area contributed by atoms with Crippen LogP contribution >= 0.6 is 35.0 Å². The van der Waals surface area contributed by atoms with Gasteiger partial charge in [-0.25, -0.2) is 4.68 Å². The zero-order valence-corrected chi connectivity index (χ0v) is 18.8. The maximum atomic E-state index is 13.3. The van der Waals surface area contributed by atoms with Crippen LogP contribution in [-0.2, 0) is 17.4 Å². The largest absolute Gasteiger partial charge is 0.604 e. The van der Waals surface area contributed by atoms with Crippen molar-refractivity contribution in [2.75, 3.05) is 30.5 Å². The van der Waals surface area contributed by atoms with Gasteiger partial charge in [0.15, 0.2) is 5.82 Å². The third-order valence-electron chi connectivity index (χ3n) is 3.87. The highest BCUT2D eigenvalue weighted by atomic mass is 35.5. The summed E-state index contributed by atoms with van der Waals surface area (Å²) in [5.74, 6) is 0.000626. The van der Waals surface area contributed by atoms with Crippen LogP contribution in [0.3, 0.4) is 0 Å². The molecule has 5 nitrogen and oxygen atoms in total. The van der Waals surface area contributed by atoms with Crippen LogP contribution in [0.25, 0.3) is 5.69 Å². The van der Waals surface area contributed by atoms with E-state index in [1.54, 1.807) is 6.26 Å². The minimum atomic E-state index is -5.22. The Morgan fingerprint density at radius 1 is 1.23 bits per heavy atom. The maximum Gasteiger partial charge on any atom is 0.578 e. The van der Waals surface area contributed by atoms with Crippen molar-refractivity contribution in [3.05, 3.63) is 33.4 Å². The van der Waals surface area contributed by atoms with E-state index in [1.165, 1.54) is 29.8 Å². The van der Waals surface area contributed by atoms with Crippen LogP contribution in [0.5, 0.6) is 0 Å². The SMILES string of the molecule is CSCCN(C)c1c([S+]([O-])C(F)(F)F)c(C#N)nn1-c1c(Cl)cc(C(F)(F)F)cc1Cl. The van der Waals surface area contributed by atoms with E-state index in [-0.39, 0.29) is 12.2 Å².